The molecule has 0 aromatic carbocycles. The molecule has 0 amide bonds. The Kier molecular flexibility index (Phi) is 2.78. The predicted molar refractivity (Wildman–Crippen MR) is 36.8 cm³/mol. The summed E-state index contributed by atoms with van der Waals surface area (Å²) in [5, 5.41) is 10.4. The average molecular weight is 161 g/mol. The SMILES string of the molecule is COC1OCCCC1[N+](=O)[O-]. The maximum absolute atomic E-state index is 10.4. The molecule has 11 heavy (non-hydrogen) atoms. The van der Waals surface area contributed by atoms with Gasteiger partial charge in [-0.15, -0.1) is 0 Å². The maximum Gasteiger partial charge on any atom is 0.263 e. The lowest BCUT2D eigenvalue weighted by Gasteiger charge is -2.23. The first-order valence-corrected chi connectivity index (χ1v) is 3.53. The highest BCUT2D eigenvalue weighted by molar-refractivity contribution is 4.66. The van der Waals surface area contributed by atoms with Crippen molar-refractivity contribution in [3.63, 3.8) is 0 Å². The zero-order valence-electron chi connectivity index (χ0n) is 6.36. The maximum atomic E-state index is 10.4. The Morgan fingerprint density at radius 1 is 1.73 bits per heavy atom. The highest BCUT2D eigenvalue weighted by atomic mass is 16.7. The minimum absolute atomic E-state index is 0.340. The number of hydrogen-bond acceptors (Lipinski definition) is 4. The molecule has 2 unspecified atom stereocenters. The molecule has 0 bridgehead atoms. The van der Waals surface area contributed by atoms with Crippen molar-refractivity contribution >= 4 is 0 Å². The van der Waals surface area contributed by atoms with Gasteiger partial charge in [0.25, 0.3) is 6.04 Å². The molecule has 5 heteroatoms. The first-order valence-electron chi connectivity index (χ1n) is 3.53. The molecule has 0 spiro atoms. The summed E-state index contributed by atoms with van der Waals surface area (Å²) < 4.78 is 9.84. The highest BCUT2D eigenvalue weighted by Gasteiger charge is 2.34. The molecule has 1 saturated heterocycles. The largest absolute Gasteiger partial charge is 0.350 e. The van der Waals surface area contributed by atoms with Gasteiger partial charge in [-0.3, -0.25) is 10.1 Å². The summed E-state index contributed by atoms with van der Waals surface area (Å²) in [6.45, 7) is 0.558. The predicted octanol–water partition coefficient (Wildman–Crippen LogP) is 0.415. The van der Waals surface area contributed by atoms with Crippen molar-refractivity contribution in [3.05, 3.63) is 10.1 Å². The van der Waals surface area contributed by atoms with Gasteiger partial charge in [0.1, 0.15) is 0 Å². The molecule has 0 aromatic heterocycles. The van der Waals surface area contributed by atoms with E-state index in [1.165, 1.54) is 7.11 Å². The summed E-state index contributed by atoms with van der Waals surface area (Å²) in [6, 6.07) is -0.686. The van der Waals surface area contributed by atoms with Crippen LogP contribution in [0.3, 0.4) is 0 Å². The second kappa shape index (κ2) is 3.64. The molecule has 64 valence electrons. The van der Waals surface area contributed by atoms with Crippen LogP contribution in [0.15, 0.2) is 0 Å². The third kappa shape index (κ3) is 1.87. The van der Waals surface area contributed by atoms with Crippen LogP contribution in [0.2, 0.25) is 0 Å². The molecule has 1 aliphatic rings. The molecule has 0 N–H and O–H groups in total. The summed E-state index contributed by atoms with van der Waals surface area (Å²) in [4.78, 5) is 10.0. The summed E-state index contributed by atoms with van der Waals surface area (Å²) >= 11 is 0. The minimum Gasteiger partial charge on any atom is -0.350 e. The lowest BCUT2D eigenvalue weighted by molar-refractivity contribution is -0.554. The van der Waals surface area contributed by atoms with E-state index in [1.807, 2.05) is 0 Å². The van der Waals surface area contributed by atoms with Gasteiger partial charge in [-0.25, -0.2) is 0 Å². The van der Waals surface area contributed by atoms with Gasteiger partial charge in [-0.1, -0.05) is 0 Å². The van der Waals surface area contributed by atoms with Crippen LogP contribution in [-0.4, -0.2) is 31.0 Å². The molecule has 0 aliphatic carbocycles. The van der Waals surface area contributed by atoms with Gasteiger partial charge < -0.3 is 9.47 Å². The summed E-state index contributed by atoms with van der Waals surface area (Å²) in [7, 11) is 1.42. The van der Waals surface area contributed by atoms with Crippen LogP contribution in [0.1, 0.15) is 12.8 Å². The van der Waals surface area contributed by atoms with E-state index in [0.29, 0.717) is 13.0 Å². The van der Waals surface area contributed by atoms with E-state index in [-0.39, 0.29) is 4.92 Å². The van der Waals surface area contributed by atoms with Gasteiger partial charge in [0.2, 0.25) is 6.29 Å². The first-order chi connectivity index (χ1) is 5.25. The number of nitrogens with zero attached hydrogens (tertiary/aromatic N) is 1. The summed E-state index contributed by atoms with van der Waals surface area (Å²) in [5.41, 5.74) is 0. The van der Waals surface area contributed by atoms with Crippen molar-refractivity contribution in [3.8, 4) is 0 Å². The van der Waals surface area contributed by atoms with E-state index in [9.17, 15) is 10.1 Å². The quantitative estimate of drug-likeness (QED) is 0.434. The van der Waals surface area contributed by atoms with Crippen LogP contribution in [0, 0.1) is 10.1 Å². The Bertz CT molecular complexity index is 150. The summed E-state index contributed by atoms with van der Waals surface area (Å²) in [5.74, 6) is 0. The van der Waals surface area contributed by atoms with Crippen molar-refractivity contribution in [2.75, 3.05) is 13.7 Å². The van der Waals surface area contributed by atoms with Crippen LogP contribution in [0.25, 0.3) is 0 Å². The Morgan fingerprint density at radius 2 is 2.45 bits per heavy atom. The number of hydrogen-bond donors (Lipinski definition) is 0. The van der Waals surface area contributed by atoms with Crippen LogP contribution >= 0.6 is 0 Å². The molecule has 0 aromatic rings. The molecule has 0 saturated carbocycles. The number of ether oxygens (including phenoxy) is 2. The van der Waals surface area contributed by atoms with Crippen LogP contribution in [0.5, 0.6) is 0 Å². The molecule has 1 aliphatic heterocycles. The third-order valence-corrected chi connectivity index (χ3v) is 1.74. The van der Waals surface area contributed by atoms with Gasteiger partial charge >= 0.3 is 0 Å². The molecule has 5 nitrogen and oxygen atoms in total. The number of rotatable bonds is 2. The van der Waals surface area contributed by atoms with Gasteiger partial charge in [0, 0.05) is 18.5 Å². The highest BCUT2D eigenvalue weighted by Crippen LogP contribution is 2.16. The van der Waals surface area contributed by atoms with Crippen molar-refractivity contribution in [1.82, 2.24) is 0 Å². The Morgan fingerprint density at radius 3 is 2.91 bits per heavy atom. The van der Waals surface area contributed by atoms with Gasteiger partial charge in [0.05, 0.1) is 6.61 Å². The Balaban J connectivity index is 2.51. The lowest BCUT2D eigenvalue weighted by Crippen LogP contribution is -2.40. The normalized spacial score (nSPS) is 31.7. The van der Waals surface area contributed by atoms with E-state index in [4.69, 9.17) is 9.47 Å². The van der Waals surface area contributed by atoms with E-state index in [1.54, 1.807) is 0 Å². The smallest absolute Gasteiger partial charge is 0.263 e. The zero-order chi connectivity index (χ0) is 8.27. The third-order valence-electron chi connectivity index (χ3n) is 1.74. The van der Waals surface area contributed by atoms with Crippen LogP contribution < -0.4 is 0 Å². The lowest BCUT2D eigenvalue weighted by atomic mass is 10.1. The monoisotopic (exact) mass is 161 g/mol. The average Bonchev–Trinajstić information content (AvgIpc) is 2.04. The topological polar surface area (TPSA) is 61.6 Å². The van der Waals surface area contributed by atoms with Gasteiger partial charge in [-0.2, -0.15) is 0 Å². The van der Waals surface area contributed by atoms with Crippen LogP contribution in [-0.2, 0) is 9.47 Å². The molecule has 1 rings (SSSR count). The molecule has 2 atom stereocenters. The first kappa shape index (κ1) is 8.42. The molecule has 1 fully saturated rings. The number of methoxy groups -OCH3 is 1. The molecule has 1 heterocycles. The Labute approximate surface area is 64.4 Å². The fourth-order valence-corrected chi connectivity index (χ4v) is 1.17. The fourth-order valence-electron chi connectivity index (χ4n) is 1.17. The minimum atomic E-state index is -0.686. The molecular weight excluding hydrogens is 150 g/mol. The standard InChI is InChI=1S/C6H11NO4/c1-10-6-5(7(8)9)3-2-4-11-6/h5-6H,2-4H2,1H3. The van der Waals surface area contributed by atoms with Gasteiger partial charge in [-0.05, 0) is 6.42 Å². The van der Waals surface area contributed by atoms with Crippen LogP contribution in [0.4, 0.5) is 0 Å². The van der Waals surface area contributed by atoms with Gasteiger partial charge in [0.15, 0.2) is 0 Å². The zero-order valence-corrected chi connectivity index (χ0v) is 6.36. The number of nitro groups is 1. The van der Waals surface area contributed by atoms with Crippen molar-refractivity contribution in [1.29, 1.82) is 0 Å². The molecule has 0 radical (unpaired) electrons. The second-order valence-corrected chi connectivity index (χ2v) is 2.47. The van der Waals surface area contributed by atoms with E-state index in [2.05, 4.69) is 0 Å². The van der Waals surface area contributed by atoms with Crippen molar-refractivity contribution < 1.29 is 14.4 Å². The fraction of sp³-hybridized carbons (Fsp3) is 1.00. The summed E-state index contributed by atoms with van der Waals surface area (Å²) in [6.07, 6.45) is 0.635. The second-order valence-electron chi connectivity index (χ2n) is 2.47. The Hall–Kier alpha value is -0.680. The van der Waals surface area contributed by atoms with Crippen molar-refractivity contribution in [2.24, 2.45) is 0 Å². The van der Waals surface area contributed by atoms with E-state index in [0.717, 1.165) is 6.42 Å². The van der Waals surface area contributed by atoms with E-state index >= 15 is 0 Å². The van der Waals surface area contributed by atoms with E-state index < -0.39 is 12.3 Å². The molecular formula is C6H11NO4. The van der Waals surface area contributed by atoms with Crippen molar-refractivity contribution in [2.45, 2.75) is 25.2 Å².